The molecule has 0 fully saturated rings. The van der Waals surface area contributed by atoms with E-state index in [0.717, 1.165) is 0 Å². The van der Waals surface area contributed by atoms with E-state index < -0.39 is 15.6 Å². The molecule has 0 bridgehead atoms. The van der Waals surface area contributed by atoms with Crippen LogP contribution in [0.3, 0.4) is 0 Å². The molecule has 0 aromatic heterocycles. The van der Waals surface area contributed by atoms with Crippen LogP contribution in [0, 0.1) is 0 Å². The molecule has 1 N–H and O–H groups in total. The highest BCUT2D eigenvalue weighted by Crippen LogP contribution is 2.30. The summed E-state index contributed by atoms with van der Waals surface area (Å²) in [5, 5.41) is 0. The fourth-order valence-corrected chi connectivity index (χ4v) is 5.03. The molecule has 90 valence electrons. The van der Waals surface area contributed by atoms with Gasteiger partial charge in [-0.15, -0.1) is 0 Å². The van der Waals surface area contributed by atoms with Crippen LogP contribution in [0.4, 0.5) is 0 Å². The molecule has 1 aromatic carbocycles. The summed E-state index contributed by atoms with van der Waals surface area (Å²) in [7, 11) is -3.52. The van der Waals surface area contributed by atoms with Crippen molar-refractivity contribution in [3.05, 3.63) is 27.1 Å². The molecule has 0 atom stereocenters. The third-order valence-corrected chi connectivity index (χ3v) is 5.33. The van der Waals surface area contributed by atoms with Crippen molar-refractivity contribution in [1.82, 2.24) is 4.72 Å². The van der Waals surface area contributed by atoms with E-state index in [9.17, 15) is 8.42 Å². The van der Waals surface area contributed by atoms with Gasteiger partial charge in [0, 0.05) is 14.5 Å². The van der Waals surface area contributed by atoms with Gasteiger partial charge in [0.25, 0.3) is 0 Å². The van der Waals surface area contributed by atoms with E-state index in [1.807, 2.05) is 0 Å². The molecule has 0 saturated heterocycles. The number of rotatable bonds is 2. The number of benzene rings is 1. The minimum atomic E-state index is -3.52. The van der Waals surface area contributed by atoms with Gasteiger partial charge in [0.05, 0.1) is 0 Å². The summed E-state index contributed by atoms with van der Waals surface area (Å²) < 4.78 is 27.9. The Balaban J connectivity index is 3.29. The van der Waals surface area contributed by atoms with E-state index in [0.29, 0.717) is 8.95 Å². The largest absolute Gasteiger partial charge is 0.243 e. The molecule has 16 heavy (non-hydrogen) atoms. The van der Waals surface area contributed by atoms with Crippen LogP contribution in [0.15, 0.2) is 32.0 Å². The van der Waals surface area contributed by atoms with Gasteiger partial charge in [-0.3, -0.25) is 0 Å². The number of hydrogen-bond donors (Lipinski definition) is 1. The smallest absolute Gasteiger partial charge is 0.207 e. The van der Waals surface area contributed by atoms with Crippen molar-refractivity contribution in [3.8, 4) is 0 Å². The monoisotopic (exact) mass is 369 g/mol. The second-order valence-electron chi connectivity index (χ2n) is 4.41. The molecule has 3 nitrogen and oxygen atoms in total. The normalized spacial score (nSPS) is 12.8. The Morgan fingerprint density at radius 1 is 1.12 bits per heavy atom. The number of sulfonamides is 1. The van der Waals surface area contributed by atoms with Gasteiger partial charge in [0.1, 0.15) is 4.90 Å². The summed E-state index contributed by atoms with van der Waals surface area (Å²) in [5.41, 5.74) is -0.506. The molecule has 1 aromatic rings. The quantitative estimate of drug-likeness (QED) is 0.868. The lowest BCUT2D eigenvalue weighted by atomic mass is 10.1. The van der Waals surface area contributed by atoms with Crippen LogP contribution >= 0.6 is 31.9 Å². The first-order valence-electron chi connectivity index (χ1n) is 4.61. The molecule has 0 amide bonds. The summed E-state index contributed by atoms with van der Waals surface area (Å²) in [6.07, 6.45) is 0. The highest BCUT2D eigenvalue weighted by atomic mass is 79.9. The average molecular weight is 371 g/mol. The second kappa shape index (κ2) is 4.76. The maximum absolute atomic E-state index is 12.1. The van der Waals surface area contributed by atoms with Gasteiger partial charge < -0.3 is 0 Å². The first-order chi connectivity index (χ1) is 7.13. The molecule has 6 heteroatoms. The lowest BCUT2D eigenvalue weighted by Crippen LogP contribution is -2.40. The van der Waals surface area contributed by atoms with Gasteiger partial charge in [0.15, 0.2) is 0 Å². The Bertz CT molecular complexity index is 472. The lowest BCUT2D eigenvalue weighted by Gasteiger charge is -2.21. The fraction of sp³-hybridized carbons (Fsp3) is 0.400. The van der Waals surface area contributed by atoms with Gasteiger partial charge in [-0.1, -0.05) is 6.07 Å². The first kappa shape index (κ1) is 14.2. The summed E-state index contributed by atoms with van der Waals surface area (Å²) in [6, 6.07) is 5.16. The molecule has 0 heterocycles. The van der Waals surface area contributed by atoms with E-state index >= 15 is 0 Å². The van der Waals surface area contributed by atoms with Gasteiger partial charge in [-0.2, -0.15) is 0 Å². The molecular weight excluding hydrogens is 358 g/mol. The van der Waals surface area contributed by atoms with Crippen molar-refractivity contribution in [1.29, 1.82) is 0 Å². The fourth-order valence-electron chi connectivity index (χ4n) is 1.19. The number of hydrogen-bond acceptors (Lipinski definition) is 2. The standard InChI is InChI=1S/C10H13Br2NO2S/c1-10(2,3)13-16(14,15)9-7(11)5-4-6-8(9)12/h4-6,13H,1-3H3. The van der Waals surface area contributed by atoms with Gasteiger partial charge in [-0.05, 0) is 64.8 Å². The lowest BCUT2D eigenvalue weighted by molar-refractivity contribution is 0.491. The highest BCUT2D eigenvalue weighted by molar-refractivity contribution is 9.11. The minimum absolute atomic E-state index is 0.227. The minimum Gasteiger partial charge on any atom is -0.207 e. The maximum Gasteiger partial charge on any atom is 0.243 e. The molecule has 0 aliphatic rings. The molecule has 0 aliphatic carbocycles. The zero-order valence-corrected chi connectivity index (χ0v) is 13.2. The van der Waals surface area contributed by atoms with E-state index in [-0.39, 0.29) is 4.90 Å². The van der Waals surface area contributed by atoms with Crippen LogP contribution < -0.4 is 4.72 Å². The SMILES string of the molecule is CC(C)(C)NS(=O)(=O)c1c(Br)cccc1Br. The van der Waals surface area contributed by atoms with Crippen LogP contribution in [-0.4, -0.2) is 14.0 Å². The van der Waals surface area contributed by atoms with Crippen molar-refractivity contribution >= 4 is 41.9 Å². The topological polar surface area (TPSA) is 46.2 Å². The zero-order chi connectivity index (χ0) is 12.6. The Morgan fingerprint density at radius 2 is 1.56 bits per heavy atom. The number of nitrogens with one attached hydrogen (secondary N) is 1. The van der Waals surface area contributed by atoms with Crippen LogP contribution in [0.2, 0.25) is 0 Å². The molecule has 1 rings (SSSR count). The van der Waals surface area contributed by atoms with Crippen molar-refractivity contribution in [2.45, 2.75) is 31.2 Å². The average Bonchev–Trinajstić information content (AvgIpc) is 1.97. The summed E-state index contributed by atoms with van der Waals surface area (Å²) in [6.45, 7) is 5.40. The van der Waals surface area contributed by atoms with Crippen molar-refractivity contribution in [2.24, 2.45) is 0 Å². The Labute approximate surface area is 113 Å². The zero-order valence-electron chi connectivity index (χ0n) is 9.21. The molecule has 0 aliphatic heterocycles. The summed E-state index contributed by atoms with van der Waals surface area (Å²) >= 11 is 6.48. The van der Waals surface area contributed by atoms with Crippen LogP contribution in [0.1, 0.15) is 20.8 Å². The van der Waals surface area contributed by atoms with Crippen LogP contribution in [0.5, 0.6) is 0 Å². The van der Waals surface area contributed by atoms with Crippen molar-refractivity contribution in [3.63, 3.8) is 0 Å². The molecule has 0 saturated carbocycles. The first-order valence-corrected chi connectivity index (χ1v) is 7.68. The van der Waals surface area contributed by atoms with Gasteiger partial charge in [-0.25, -0.2) is 13.1 Å². The molecular formula is C10H13Br2NO2S. The molecule has 0 spiro atoms. The van der Waals surface area contributed by atoms with E-state index in [1.54, 1.807) is 39.0 Å². The Hall–Kier alpha value is 0.0900. The van der Waals surface area contributed by atoms with E-state index in [4.69, 9.17) is 0 Å². The second-order valence-corrected chi connectivity index (χ2v) is 7.73. The van der Waals surface area contributed by atoms with Crippen molar-refractivity contribution in [2.75, 3.05) is 0 Å². The van der Waals surface area contributed by atoms with E-state index in [1.165, 1.54) is 0 Å². The molecule has 0 radical (unpaired) electrons. The predicted molar refractivity (Wildman–Crippen MR) is 71.9 cm³/mol. The summed E-state index contributed by atoms with van der Waals surface area (Å²) in [4.78, 5) is 0.227. The third-order valence-electron chi connectivity index (χ3n) is 1.63. The van der Waals surface area contributed by atoms with Gasteiger partial charge in [0.2, 0.25) is 10.0 Å². The van der Waals surface area contributed by atoms with Crippen LogP contribution in [-0.2, 0) is 10.0 Å². The predicted octanol–water partition coefficient (Wildman–Crippen LogP) is 3.29. The van der Waals surface area contributed by atoms with Gasteiger partial charge >= 0.3 is 0 Å². The highest BCUT2D eigenvalue weighted by Gasteiger charge is 2.25. The van der Waals surface area contributed by atoms with Crippen LogP contribution in [0.25, 0.3) is 0 Å². The van der Waals surface area contributed by atoms with E-state index in [2.05, 4.69) is 36.6 Å². The van der Waals surface area contributed by atoms with Crippen molar-refractivity contribution < 1.29 is 8.42 Å². The maximum atomic E-state index is 12.1. The third kappa shape index (κ3) is 3.55. The number of halogens is 2. The summed E-state index contributed by atoms with van der Waals surface area (Å²) in [5.74, 6) is 0. The Kier molecular flexibility index (Phi) is 4.21. The molecule has 0 unspecified atom stereocenters. The Morgan fingerprint density at radius 3 is 1.94 bits per heavy atom.